The lowest BCUT2D eigenvalue weighted by Gasteiger charge is -2.35. The van der Waals surface area contributed by atoms with Gasteiger partial charge in [-0.15, -0.1) is 0 Å². The van der Waals surface area contributed by atoms with Crippen molar-refractivity contribution < 1.29 is 29.0 Å². The summed E-state index contributed by atoms with van der Waals surface area (Å²) in [4.78, 5) is 40.1. The maximum atomic E-state index is 12.6. The van der Waals surface area contributed by atoms with Gasteiger partial charge < -0.3 is 24.4 Å². The second-order valence-corrected chi connectivity index (χ2v) is 8.96. The normalized spacial score (nSPS) is 14.5. The highest BCUT2D eigenvalue weighted by Crippen LogP contribution is 2.20. The van der Waals surface area contributed by atoms with E-state index in [0.29, 0.717) is 17.9 Å². The molecule has 2 amide bonds. The number of carbonyl (C=O) groups excluding carboxylic acids is 3. The van der Waals surface area contributed by atoms with Gasteiger partial charge in [0.05, 0.1) is 0 Å². The molecule has 8 heteroatoms. The quantitative estimate of drug-likeness (QED) is 0.395. The van der Waals surface area contributed by atoms with E-state index in [1.165, 1.54) is 9.80 Å². The minimum atomic E-state index is -0.834. The van der Waals surface area contributed by atoms with Crippen LogP contribution >= 0.6 is 0 Å². The van der Waals surface area contributed by atoms with Gasteiger partial charge in [0, 0.05) is 37.8 Å². The number of ether oxygens (including phenoxy) is 2. The number of hydrogen-bond acceptors (Lipinski definition) is 6. The summed E-state index contributed by atoms with van der Waals surface area (Å²) in [5.74, 6) is -1.36. The molecule has 1 N–H and O–H groups in total. The van der Waals surface area contributed by atoms with Gasteiger partial charge >= 0.3 is 6.09 Å². The van der Waals surface area contributed by atoms with Gasteiger partial charge in [-0.05, 0) is 38.5 Å². The fourth-order valence-electron chi connectivity index (χ4n) is 3.33. The first-order chi connectivity index (χ1) is 16.1. The van der Waals surface area contributed by atoms with Crippen molar-refractivity contribution >= 4 is 23.5 Å². The predicted octanol–water partition coefficient (Wildman–Crippen LogP) is 3.81. The van der Waals surface area contributed by atoms with Gasteiger partial charge in [-0.25, -0.2) is 4.79 Å². The molecule has 0 atom stereocenters. The highest BCUT2D eigenvalue weighted by molar-refractivity contribution is 6.41. The first-order valence-corrected chi connectivity index (χ1v) is 11.1. The Bertz CT molecular complexity index is 1050. The zero-order valence-corrected chi connectivity index (χ0v) is 19.7. The van der Waals surface area contributed by atoms with Gasteiger partial charge in [-0.2, -0.15) is 0 Å². The lowest BCUT2D eigenvalue weighted by molar-refractivity contribution is -0.143. The molecule has 0 radical (unpaired) electrons. The molecule has 3 rings (SSSR count). The molecule has 1 heterocycles. The lowest BCUT2D eigenvalue weighted by Crippen LogP contribution is -2.52. The van der Waals surface area contributed by atoms with Crippen molar-refractivity contribution in [2.24, 2.45) is 0 Å². The van der Waals surface area contributed by atoms with E-state index in [1.807, 2.05) is 30.3 Å². The molecule has 2 aromatic carbocycles. The summed E-state index contributed by atoms with van der Waals surface area (Å²) in [6.45, 7) is 6.67. The molecular formula is C26H30N2O6. The summed E-state index contributed by atoms with van der Waals surface area (Å²) in [7, 11) is 0. The summed E-state index contributed by atoms with van der Waals surface area (Å²) in [5.41, 5.74) is 0.758. The van der Waals surface area contributed by atoms with Crippen LogP contribution in [-0.4, -0.2) is 64.5 Å². The number of hydrogen-bond donors (Lipinski definition) is 1. The second-order valence-electron chi connectivity index (χ2n) is 8.96. The van der Waals surface area contributed by atoms with E-state index in [0.717, 1.165) is 11.6 Å². The molecule has 0 saturated carbocycles. The average Bonchev–Trinajstić information content (AvgIpc) is 2.82. The Morgan fingerprint density at radius 3 is 2.24 bits per heavy atom. The Hall–Kier alpha value is -3.81. The van der Waals surface area contributed by atoms with E-state index in [9.17, 15) is 19.5 Å². The number of benzene rings is 2. The molecule has 1 aliphatic rings. The van der Waals surface area contributed by atoms with Gasteiger partial charge in [0.25, 0.3) is 5.91 Å². The summed E-state index contributed by atoms with van der Waals surface area (Å²) in [6, 6.07) is 16.3. The highest BCUT2D eigenvalue weighted by atomic mass is 16.6. The fourth-order valence-corrected chi connectivity index (χ4v) is 3.33. The summed E-state index contributed by atoms with van der Waals surface area (Å²) >= 11 is 0. The third kappa shape index (κ3) is 7.10. The Labute approximate surface area is 199 Å². The number of piperazine rings is 1. The summed E-state index contributed by atoms with van der Waals surface area (Å²) < 4.78 is 11.1. The van der Waals surface area contributed by atoms with E-state index in [-0.39, 0.29) is 31.9 Å². The molecule has 0 aromatic heterocycles. The molecule has 0 bridgehead atoms. The Morgan fingerprint density at radius 1 is 0.941 bits per heavy atom. The first-order valence-electron chi connectivity index (χ1n) is 11.1. The maximum absolute atomic E-state index is 12.6. The smallest absolute Gasteiger partial charge is 0.410 e. The molecule has 180 valence electrons. The molecule has 34 heavy (non-hydrogen) atoms. The van der Waals surface area contributed by atoms with Gasteiger partial charge in [-0.1, -0.05) is 42.5 Å². The van der Waals surface area contributed by atoms with Crippen molar-refractivity contribution in [3.8, 4) is 5.75 Å². The molecule has 0 unspecified atom stereocenters. The van der Waals surface area contributed by atoms with Crippen molar-refractivity contribution in [1.82, 2.24) is 9.80 Å². The van der Waals surface area contributed by atoms with Crippen molar-refractivity contribution in [2.45, 2.75) is 33.0 Å². The van der Waals surface area contributed by atoms with Crippen molar-refractivity contribution in [3.63, 3.8) is 0 Å². The third-order valence-corrected chi connectivity index (χ3v) is 5.08. The molecular weight excluding hydrogens is 436 g/mol. The Morgan fingerprint density at radius 2 is 1.59 bits per heavy atom. The van der Waals surface area contributed by atoms with Gasteiger partial charge in [-0.3, -0.25) is 9.59 Å². The predicted molar refractivity (Wildman–Crippen MR) is 127 cm³/mol. The number of nitrogens with zero attached hydrogens (tertiary/aromatic N) is 2. The number of carbonyl (C=O) groups is 3. The summed E-state index contributed by atoms with van der Waals surface area (Å²) in [6.07, 6.45) is 0.469. The number of aliphatic hydroxyl groups is 1. The van der Waals surface area contributed by atoms with Crippen LogP contribution in [0.4, 0.5) is 4.79 Å². The molecule has 0 spiro atoms. The van der Waals surface area contributed by atoms with Gasteiger partial charge in [0.2, 0.25) is 5.78 Å². The third-order valence-electron chi connectivity index (χ3n) is 5.08. The Kier molecular flexibility index (Phi) is 7.94. The summed E-state index contributed by atoms with van der Waals surface area (Å²) in [5, 5.41) is 10.4. The lowest BCUT2D eigenvalue weighted by atomic mass is 10.1. The number of ketones is 1. The van der Waals surface area contributed by atoms with Crippen molar-refractivity contribution in [3.05, 3.63) is 71.8 Å². The first kappa shape index (κ1) is 24.8. The monoisotopic (exact) mass is 466 g/mol. The number of aliphatic hydroxyl groups excluding tert-OH is 1. The minimum absolute atomic E-state index is 0.210. The molecule has 1 fully saturated rings. The zero-order valence-electron chi connectivity index (χ0n) is 19.7. The molecule has 0 aliphatic carbocycles. The standard InChI is InChI=1S/C26H30N2O6/c1-26(2,3)34-25(32)28-14-12-27(13-15-28)24(31)23(30)17-22(29)20-10-7-11-21(16-20)33-18-19-8-5-4-6-9-19/h4-11,16-17,29H,12-15,18H2,1-3H3/b22-17-. The second kappa shape index (κ2) is 10.9. The van der Waals surface area contributed by atoms with Gasteiger partial charge in [0.15, 0.2) is 0 Å². The van der Waals surface area contributed by atoms with Crippen LogP contribution in [0.25, 0.3) is 5.76 Å². The largest absolute Gasteiger partial charge is 0.507 e. The Balaban J connectivity index is 1.56. The van der Waals surface area contributed by atoms with Crippen LogP contribution < -0.4 is 4.74 Å². The molecule has 1 saturated heterocycles. The van der Waals surface area contributed by atoms with Crippen molar-refractivity contribution in [1.29, 1.82) is 0 Å². The fraction of sp³-hybridized carbons (Fsp3) is 0.346. The minimum Gasteiger partial charge on any atom is -0.507 e. The van der Waals surface area contributed by atoms with Crippen LogP contribution in [0.1, 0.15) is 31.9 Å². The highest BCUT2D eigenvalue weighted by Gasteiger charge is 2.29. The van der Waals surface area contributed by atoms with E-state index < -0.39 is 23.4 Å². The van der Waals surface area contributed by atoms with Crippen LogP contribution in [0.5, 0.6) is 5.75 Å². The topological polar surface area (TPSA) is 96.4 Å². The zero-order chi connectivity index (χ0) is 24.7. The number of amides is 2. The van der Waals surface area contributed by atoms with E-state index in [4.69, 9.17) is 9.47 Å². The number of rotatable bonds is 6. The van der Waals surface area contributed by atoms with E-state index >= 15 is 0 Å². The van der Waals surface area contributed by atoms with Crippen LogP contribution in [0.15, 0.2) is 60.7 Å². The molecule has 8 nitrogen and oxygen atoms in total. The van der Waals surface area contributed by atoms with Crippen molar-refractivity contribution in [2.75, 3.05) is 26.2 Å². The molecule has 1 aliphatic heterocycles. The molecule has 2 aromatic rings. The van der Waals surface area contributed by atoms with Crippen LogP contribution in [-0.2, 0) is 20.9 Å². The maximum Gasteiger partial charge on any atom is 0.410 e. The van der Waals surface area contributed by atoms with E-state index in [2.05, 4.69) is 0 Å². The average molecular weight is 467 g/mol. The van der Waals surface area contributed by atoms with Gasteiger partial charge in [0.1, 0.15) is 23.7 Å². The van der Waals surface area contributed by atoms with E-state index in [1.54, 1.807) is 45.0 Å². The van der Waals surface area contributed by atoms with Crippen LogP contribution in [0.2, 0.25) is 0 Å². The van der Waals surface area contributed by atoms with Crippen LogP contribution in [0, 0.1) is 0 Å². The SMILES string of the molecule is CC(C)(C)OC(=O)N1CCN(C(=O)C(=O)/C=C(\O)c2cccc(OCc3ccccc3)c2)CC1. The van der Waals surface area contributed by atoms with Crippen LogP contribution in [0.3, 0.4) is 0 Å².